The van der Waals surface area contributed by atoms with Gasteiger partial charge in [0, 0.05) is 31.8 Å². The van der Waals surface area contributed by atoms with E-state index in [0.29, 0.717) is 0 Å². The normalized spacial score (nSPS) is 17.9. The molecule has 2 rings (SSSR count). The maximum atomic E-state index is 11.8. The molecule has 1 N–H and O–H groups in total. The molecule has 0 bridgehead atoms. The third-order valence-corrected chi connectivity index (χ3v) is 2.49. The Morgan fingerprint density at radius 3 is 2.73 bits per heavy atom. The molecule has 0 unspecified atom stereocenters. The van der Waals surface area contributed by atoms with Crippen LogP contribution in [0.1, 0.15) is 10.4 Å². The van der Waals surface area contributed by atoms with E-state index in [1.54, 1.807) is 6.08 Å². The number of allylic oxidation sites excluding steroid dienone is 1. The lowest BCUT2D eigenvalue weighted by molar-refractivity contribution is 0.104. The zero-order chi connectivity index (χ0) is 10.7. The summed E-state index contributed by atoms with van der Waals surface area (Å²) in [6, 6.07) is 9.31. The number of rotatable bonds is 2. The summed E-state index contributed by atoms with van der Waals surface area (Å²) in [5, 5.41) is 3.17. The number of hydrogen-bond donors (Lipinski definition) is 1. The highest BCUT2D eigenvalue weighted by Gasteiger charge is 2.13. The van der Waals surface area contributed by atoms with Gasteiger partial charge in [-0.25, -0.2) is 0 Å². The third-order valence-electron chi connectivity index (χ3n) is 2.49. The van der Waals surface area contributed by atoms with Crippen LogP contribution in [-0.4, -0.2) is 30.8 Å². The van der Waals surface area contributed by atoms with E-state index in [1.807, 2.05) is 42.3 Å². The maximum absolute atomic E-state index is 11.8. The van der Waals surface area contributed by atoms with Gasteiger partial charge in [-0.15, -0.1) is 0 Å². The fourth-order valence-electron chi connectivity index (χ4n) is 1.58. The molecule has 1 aliphatic rings. The lowest BCUT2D eigenvalue weighted by Gasteiger charge is -2.10. The van der Waals surface area contributed by atoms with Crippen LogP contribution in [0.2, 0.25) is 0 Å². The van der Waals surface area contributed by atoms with Crippen LogP contribution >= 0.6 is 0 Å². The number of nitrogens with one attached hydrogen (secondary N) is 1. The standard InChI is InChI=1S/C12H14N2O/c1-14-8-7-13-12(14)9-11(15)10-5-3-2-4-6-10/h2-6,9,13H,7-8H2,1H3/b12-9-. The van der Waals surface area contributed by atoms with Gasteiger partial charge in [-0.2, -0.15) is 0 Å². The summed E-state index contributed by atoms with van der Waals surface area (Å²) in [7, 11) is 1.98. The minimum atomic E-state index is 0.0480. The third kappa shape index (κ3) is 2.18. The molecule has 3 nitrogen and oxygen atoms in total. The summed E-state index contributed by atoms with van der Waals surface area (Å²) in [5.41, 5.74) is 0.729. The van der Waals surface area contributed by atoms with Crippen molar-refractivity contribution in [2.75, 3.05) is 20.1 Å². The highest BCUT2D eigenvalue weighted by Crippen LogP contribution is 2.07. The average Bonchev–Trinajstić information content (AvgIpc) is 2.66. The molecule has 0 aliphatic carbocycles. The Morgan fingerprint density at radius 2 is 2.13 bits per heavy atom. The number of ketones is 1. The van der Waals surface area contributed by atoms with Gasteiger partial charge in [0.15, 0.2) is 5.78 Å². The second-order valence-corrected chi connectivity index (χ2v) is 3.61. The molecule has 1 aromatic rings. The highest BCUT2D eigenvalue weighted by atomic mass is 16.1. The molecule has 0 amide bonds. The number of nitrogens with zero attached hydrogens (tertiary/aromatic N) is 1. The molecule has 1 aliphatic heterocycles. The Bertz CT molecular complexity index is 384. The summed E-state index contributed by atoms with van der Waals surface area (Å²) in [4.78, 5) is 13.8. The molecule has 1 heterocycles. The highest BCUT2D eigenvalue weighted by molar-refractivity contribution is 6.04. The number of benzene rings is 1. The van der Waals surface area contributed by atoms with Crippen LogP contribution in [-0.2, 0) is 0 Å². The summed E-state index contributed by atoms with van der Waals surface area (Å²) in [6.45, 7) is 1.86. The van der Waals surface area contributed by atoms with Gasteiger partial charge < -0.3 is 10.2 Å². The number of hydrogen-bond acceptors (Lipinski definition) is 3. The van der Waals surface area contributed by atoms with E-state index >= 15 is 0 Å². The second-order valence-electron chi connectivity index (χ2n) is 3.61. The van der Waals surface area contributed by atoms with E-state index in [-0.39, 0.29) is 5.78 Å². The van der Waals surface area contributed by atoms with Crippen molar-refractivity contribution in [3.8, 4) is 0 Å². The van der Waals surface area contributed by atoms with Crippen molar-refractivity contribution in [2.24, 2.45) is 0 Å². The van der Waals surface area contributed by atoms with Crippen LogP contribution in [0, 0.1) is 0 Å². The number of likely N-dealkylation sites (N-methyl/N-ethyl adjacent to an activating group) is 1. The van der Waals surface area contributed by atoms with Crippen LogP contribution in [0.4, 0.5) is 0 Å². The lowest BCUT2D eigenvalue weighted by Crippen LogP contribution is -2.15. The Kier molecular flexibility index (Phi) is 2.72. The monoisotopic (exact) mass is 202 g/mol. The molecule has 1 fully saturated rings. The molecule has 0 radical (unpaired) electrons. The first-order chi connectivity index (χ1) is 7.27. The van der Waals surface area contributed by atoms with Crippen LogP contribution in [0.5, 0.6) is 0 Å². The molecule has 0 atom stereocenters. The Hall–Kier alpha value is -1.77. The zero-order valence-electron chi connectivity index (χ0n) is 8.73. The smallest absolute Gasteiger partial charge is 0.189 e. The summed E-state index contributed by atoms with van der Waals surface area (Å²) < 4.78 is 0. The fourth-order valence-corrected chi connectivity index (χ4v) is 1.58. The first-order valence-electron chi connectivity index (χ1n) is 5.03. The van der Waals surface area contributed by atoms with Crippen LogP contribution in [0.25, 0.3) is 0 Å². The average molecular weight is 202 g/mol. The molecule has 1 aromatic carbocycles. The topological polar surface area (TPSA) is 32.3 Å². The second kappa shape index (κ2) is 4.17. The lowest BCUT2D eigenvalue weighted by atomic mass is 10.1. The van der Waals surface area contributed by atoms with Crippen LogP contribution in [0.3, 0.4) is 0 Å². The van der Waals surface area contributed by atoms with Crippen LogP contribution < -0.4 is 5.32 Å². The first-order valence-corrected chi connectivity index (χ1v) is 5.03. The Labute approximate surface area is 89.4 Å². The van der Waals surface area contributed by atoms with Crippen molar-refractivity contribution in [3.63, 3.8) is 0 Å². The zero-order valence-corrected chi connectivity index (χ0v) is 8.73. The van der Waals surface area contributed by atoms with Gasteiger partial charge in [0.1, 0.15) is 5.82 Å². The van der Waals surface area contributed by atoms with E-state index < -0.39 is 0 Å². The molecule has 3 heteroatoms. The summed E-state index contributed by atoms with van der Waals surface area (Å²) in [5.74, 6) is 0.954. The van der Waals surface area contributed by atoms with Gasteiger partial charge >= 0.3 is 0 Å². The van der Waals surface area contributed by atoms with Crippen molar-refractivity contribution in [3.05, 3.63) is 47.8 Å². The molecule has 1 saturated heterocycles. The van der Waals surface area contributed by atoms with Gasteiger partial charge in [-0.1, -0.05) is 30.3 Å². The van der Waals surface area contributed by atoms with Crippen molar-refractivity contribution in [1.82, 2.24) is 10.2 Å². The predicted octanol–water partition coefficient (Wildman–Crippen LogP) is 1.25. The van der Waals surface area contributed by atoms with Crippen molar-refractivity contribution in [2.45, 2.75) is 0 Å². The van der Waals surface area contributed by atoms with Gasteiger partial charge in [0.2, 0.25) is 0 Å². The minimum Gasteiger partial charge on any atom is -0.370 e. The first kappa shape index (κ1) is 9.77. The predicted molar refractivity (Wildman–Crippen MR) is 59.5 cm³/mol. The molecule has 0 aromatic heterocycles. The van der Waals surface area contributed by atoms with E-state index in [2.05, 4.69) is 5.32 Å². The molecular formula is C12H14N2O. The molecular weight excluding hydrogens is 188 g/mol. The number of carbonyl (C=O) groups is 1. The number of carbonyl (C=O) groups excluding carboxylic acids is 1. The minimum absolute atomic E-state index is 0.0480. The molecule has 0 saturated carbocycles. The Morgan fingerprint density at radius 1 is 1.40 bits per heavy atom. The van der Waals surface area contributed by atoms with E-state index in [9.17, 15) is 4.79 Å². The van der Waals surface area contributed by atoms with Gasteiger partial charge in [0.05, 0.1) is 0 Å². The maximum Gasteiger partial charge on any atom is 0.189 e. The summed E-state index contributed by atoms with van der Waals surface area (Å²) in [6.07, 6.45) is 1.66. The summed E-state index contributed by atoms with van der Waals surface area (Å²) >= 11 is 0. The SMILES string of the molecule is CN1CCN/C1=C/C(=O)c1ccccc1. The van der Waals surface area contributed by atoms with Crippen molar-refractivity contribution >= 4 is 5.78 Å². The quantitative estimate of drug-likeness (QED) is 0.578. The van der Waals surface area contributed by atoms with Crippen LogP contribution in [0.15, 0.2) is 42.2 Å². The van der Waals surface area contributed by atoms with Crippen molar-refractivity contribution < 1.29 is 4.79 Å². The van der Waals surface area contributed by atoms with Gasteiger partial charge in [-0.05, 0) is 0 Å². The van der Waals surface area contributed by atoms with Gasteiger partial charge in [0.25, 0.3) is 0 Å². The molecule has 0 spiro atoms. The van der Waals surface area contributed by atoms with E-state index in [4.69, 9.17) is 0 Å². The molecule has 15 heavy (non-hydrogen) atoms. The largest absolute Gasteiger partial charge is 0.370 e. The van der Waals surface area contributed by atoms with E-state index in [1.165, 1.54) is 0 Å². The Balaban J connectivity index is 2.16. The van der Waals surface area contributed by atoms with Gasteiger partial charge in [-0.3, -0.25) is 4.79 Å². The van der Waals surface area contributed by atoms with E-state index in [0.717, 1.165) is 24.5 Å². The fraction of sp³-hybridized carbons (Fsp3) is 0.250. The van der Waals surface area contributed by atoms with Crippen molar-refractivity contribution in [1.29, 1.82) is 0 Å². The molecule has 78 valence electrons.